The van der Waals surface area contributed by atoms with Gasteiger partial charge < -0.3 is 9.47 Å². The van der Waals surface area contributed by atoms with Crippen molar-refractivity contribution >= 4 is 5.97 Å². The lowest BCUT2D eigenvalue weighted by Gasteiger charge is -2.11. The van der Waals surface area contributed by atoms with Crippen LogP contribution in [0.15, 0.2) is 24.3 Å². The van der Waals surface area contributed by atoms with E-state index in [1.54, 1.807) is 32.2 Å². The van der Waals surface area contributed by atoms with Crippen LogP contribution in [0.5, 0.6) is 0 Å². The van der Waals surface area contributed by atoms with Crippen molar-refractivity contribution in [2.24, 2.45) is 0 Å². The zero-order chi connectivity index (χ0) is 12.0. The first-order valence-corrected chi connectivity index (χ1v) is 4.87. The third-order valence-electron chi connectivity index (χ3n) is 1.94. The zero-order valence-electron chi connectivity index (χ0n) is 9.27. The zero-order valence-corrected chi connectivity index (χ0v) is 9.27. The maximum Gasteiger partial charge on any atom is 0.338 e. The van der Waals surface area contributed by atoms with Crippen LogP contribution >= 0.6 is 0 Å². The summed E-state index contributed by atoms with van der Waals surface area (Å²) in [7, 11) is 1.54. The lowest BCUT2D eigenvalue weighted by Crippen LogP contribution is -2.19. The molecule has 0 saturated heterocycles. The minimum atomic E-state index is -0.443. The number of carbonyl (C=O) groups is 1. The molecule has 1 atom stereocenters. The molecule has 0 N–H and O–H groups in total. The van der Waals surface area contributed by atoms with Gasteiger partial charge >= 0.3 is 5.97 Å². The smallest absolute Gasteiger partial charge is 0.338 e. The summed E-state index contributed by atoms with van der Waals surface area (Å²) >= 11 is 0. The average Bonchev–Trinajstić information content (AvgIpc) is 2.29. The second-order valence-electron chi connectivity index (χ2n) is 3.36. The fraction of sp³-hybridized carbons (Fsp3) is 0.333. The van der Waals surface area contributed by atoms with E-state index in [9.17, 15) is 4.79 Å². The van der Waals surface area contributed by atoms with Crippen LogP contribution in [0, 0.1) is 11.3 Å². The van der Waals surface area contributed by atoms with Crippen molar-refractivity contribution in [1.29, 1.82) is 5.26 Å². The molecule has 0 aromatic heterocycles. The van der Waals surface area contributed by atoms with Gasteiger partial charge in [-0.2, -0.15) is 5.26 Å². The lowest BCUT2D eigenvalue weighted by molar-refractivity contribution is 0.0120. The highest BCUT2D eigenvalue weighted by Crippen LogP contribution is 2.07. The predicted octanol–water partition coefficient (Wildman–Crippen LogP) is 1.75. The SMILES string of the molecule is COC[C@@H](C)OC(=O)c1cccc(C#N)c1. The molecule has 0 unspecified atom stereocenters. The third kappa shape index (κ3) is 3.37. The number of esters is 1. The van der Waals surface area contributed by atoms with Crippen molar-refractivity contribution in [3.63, 3.8) is 0 Å². The number of nitrogens with zero attached hydrogens (tertiary/aromatic N) is 1. The van der Waals surface area contributed by atoms with Crippen molar-refractivity contribution in [3.8, 4) is 6.07 Å². The van der Waals surface area contributed by atoms with Crippen LogP contribution in [-0.4, -0.2) is 25.8 Å². The Kier molecular flexibility index (Phi) is 4.49. The molecule has 0 fully saturated rings. The fourth-order valence-corrected chi connectivity index (χ4v) is 1.24. The van der Waals surface area contributed by atoms with Gasteiger partial charge in [0.25, 0.3) is 0 Å². The molecule has 0 saturated carbocycles. The van der Waals surface area contributed by atoms with Gasteiger partial charge in [-0.3, -0.25) is 0 Å². The molecule has 0 radical (unpaired) electrons. The second-order valence-corrected chi connectivity index (χ2v) is 3.36. The monoisotopic (exact) mass is 219 g/mol. The van der Waals surface area contributed by atoms with Crippen molar-refractivity contribution in [2.45, 2.75) is 13.0 Å². The first-order chi connectivity index (χ1) is 7.67. The minimum absolute atomic E-state index is 0.303. The maximum absolute atomic E-state index is 11.6. The van der Waals surface area contributed by atoms with Gasteiger partial charge in [-0.25, -0.2) is 4.79 Å². The number of rotatable bonds is 4. The number of hydrogen-bond acceptors (Lipinski definition) is 4. The van der Waals surface area contributed by atoms with Crippen LogP contribution in [0.1, 0.15) is 22.8 Å². The van der Waals surface area contributed by atoms with Crippen LogP contribution in [-0.2, 0) is 9.47 Å². The van der Waals surface area contributed by atoms with Crippen molar-refractivity contribution in [3.05, 3.63) is 35.4 Å². The maximum atomic E-state index is 11.6. The van der Waals surface area contributed by atoms with Crippen LogP contribution in [0.2, 0.25) is 0 Å². The van der Waals surface area contributed by atoms with Crippen molar-refractivity contribution in [2.75, 3.05) is 13.7 Å². The number of methoxy groups -OCH3 is 1. The summed E-state index contributed by atoms with van der Waals surface area (Å²) in [6, 6.07) is 8.37. The van der Waals surface area contributed by atoms with E-state index in [1.807, 2.05) is 6.07 Å². The van der Waals surface area contributed by atoms with Gasteiger partial charge in [-0.15, -0.1) is 0 Å². The van der Waals surface area contributed by atoms with E-state index < -0.39 is 5.97 Å². The molecule has 1 aromatic rings. The molecule has 4 nitrogen and oxygen atoms in total. The number of carbonyl (C=O) groups excluding carboxylic acids is 1. The van der Waals surface area contributed by atoms with Gasteiger partial charge in [0.15, 0.2) is 0 Å². The average molecular weight is 219 g/mol. The number of hydrogen-bond donors (Lipinski definition) is 0. The van der Waals surface area contributed by atoms with Gasteiger partial charge in [-0.1, -0.05) is 6.07 Å². The van der Waals surface area contributed by atoms with Crippen molar-refractivity contribution in [1.82, 2.24) is 0 Å². The van der Waals surface area contributed by atoms with E-state index in [2.05, 4.69) is 0 Å². The summed E-state index contributed by atoms with van der Waals surface area (Å²) in [5.74, 6) is -0.443. The fourth-order valence-electron chi connectivity index (χ4n) is 1.24. The van der Waals surface area contributed by atoms with Crippen LogP contribution in [0.3, 0.4) is 0 Å². The Morgan fingerprint density at radius 1 is 1.56 bits per heavy atom. The largest absolute Gasteiger partial charge is 0.457 e. The van der Waals surface area contributed by atoms with Gasteiger partial charge in [0, 0.05) is 7.11 Å². The molecule has 84 valence electrons. The number of benzene rings is 1. The molecular formula is C12H13NO3. The molecule has 0 aliphatic heterocycles. The molecule has 16 heavy (non-hydrogen) atoms. The molecule has 0 aliphatic carbocycles. The minimum Gasteiger partial charge on any atom is -0.457 e. The van der Waals surface area contributed by atoms with Crippen molar-refractivity contribution < 1.29 is 14.3 Å². The summed E-state index contributed by atoms with van der Waals surface area (Å²) in [5.41, 5.74) is 0.816. The normalized spacial score (nSPS) is 11.6. The summed E-state index contributed by atoms with van der Waals surface area (Å²) in [4.78, 5) is 11.6. The van der Waals surface area contributed by atoms with Crippen LogP contribution in [0.25, 0.3) is 0 Å². The molecule has 1 aromatic carbocycles. The molecule has 0 spiro atoms. The quantitative estimate of drug-likeness (QED) is 0.724. The molecule has 0 heterocycles. The van der Waals surface area contributed by atoms with Gasteiger partial charge in [0.1, 0.15) is 6.10 Å². The predicted molar refractivity (Wildman–Crippen MR) is 57.9 cm³/mol. The second kappa shape index (κ2) is 5.89. The van der Waals surface area contributed by atoms with Crippen LogP contribution in [0.4, 0.5) is 0 Å². The van der Waals surface area contributed by atoms with E-state index in [4.69, 9.17) is 14.7 Å². The lowest BCUT2D eigenvalue weighted by atomic mass is 10.1. The van der Waals surface area contributed by atoms with E-state index in [-0.39, 0.29) is 6.10 Å². The molecule has 0 amide bonds. The Morgan fingerprint density at radius 2 is 2.31 bits per heavy atom. The Morgan fingerprint density at radius 3 is 2.94 bits per heavy atom. The molecule has 0 bridgehead atoms. The number of nitriles is 1. The van der Waals surface area contributed by atoms with E-state index in [0.717, 1.165) is 0 Å². The Labute approximate surface area is 94.4 Å². The van der Waals surface area contributed by atoms with E-state index in [1.165, 1.54) is 6.07 Å². The van der Waals surface area contributed by atoms with Gasteiger partial charge in [0.05, 0.1) is 23.8 Å². The molecule has 1 rings (SSSR count). The Bertz CT molecular complexity index is 409. The summed E-state index contributed by atoms with van der Waals surface area (Å²) in [6.07, 6.45) is -0.303. The third-order valence-corrected chi connectivity index (χ3v) is 1.94. The Hall–Kier alpha value is -1.86. The van der Waals surface area contributed by atoms with E-state index >= 15 is 0 Å². The summed E-state index contributed by atoms with van der Waals surface area (Å²) < 4.78 is 9.96. The highest BCUT2D eigenvalue weighted by atomic mass is 16.6. The van der Waals surface area contributed by atoms with Crippen LogP contribution < -0.4 is 0 Å². The molecule has 0 aliphatic rings. The highest BCUT2D eigenvalue weighted by Gasteiger charge is 2.11. The summed E-state index contributed by atoms with van der Waals surface area (Å²) in [5, 5.41) is 8.69. The Balaban J connectivity index is 2.70. The van der Waals surface area contributed by atoms with Gasteiger partial charge in [-0.05, 0) is 25.1 Å². The molecular weight excluding hydrogens is 206 g/mol. The first-order valence-electron chi connectivity index (χ1n) is 4.87. The topological polar surface area (TPSA) is 59.3 Å². The standard InChI is InChI=1S/C12H13NO3/c1-9(8-15-2)16-12(14)11-5-3-4-10(6-11)7-13/h3-6,9H,8H2,1-2H3/t9-/m1/s1. The highest BCUT2D eigenvalue weighted by molar-refractivity contribution is 5.89. The molecule has 4 heteroatoms. The van der Waals surface area contributed by atoms with E-state index in [0.29, 0.717) is 17.7 Å². The van der Waals surface area contributed by atoms with Gasteiger partial charge in [0.2, 0.25) is 0 Å². The summed E-state index contributed by atoms with van der Waals surface area (Å²) in [6.45, 7) is 2.10. The first kappa shape index (κ1) is 12.2. The number of ether oxygens (including phenoxy) is 2.